The van der Waals surface area contributed by atoms with E-state index in [0.717, 1.165) is 5.56 Å². The third-order valence-corrected chi connectivity index (χ3v) is 3.94. The third-order valence-electron chi connectivity index (χ3n) is 3.94. The van der Waals surface area contributed by atoms with Gasteiger partial charge in [0.1, 0.15) is 5.60 Å². The molecule has 1 aromatic rings. The van der Waals surface area contributed by atoms with Crippen LogP contribution in [0.2, 0.25) is 0 Å². The second-order valence-electron chi connectivity index (χ2n) is 8.41. The Morgan fingerprint density at radius 2 is 1.79 bits per heavy atom. The molecule has 2 amide bonds. The molecule has 0 fully saturated rings. The average molecular weight is 394 g/mol. The summed E-state index contributed by atoms with van der Waals surface area (Å²) in [5, 5.41) is 13.6. The molecule has 7 heteroatoms. The number of aliphatic hydroxyl groups excluding tert-OH is 1. The van der Waals surface area contributed by atoms with Crippen LogP contribution in [0.25, 0.3) is 0 Å². The minimum absolute atomic E-state index is 0.0510. The van der Waals surface area contributed by atoms with Gasteiger partial charge in [-0.05, 0) is 38.7 Å². The van der Waals surface area contributed by atoms with E-state index in [1.54, 1.807) is 20.8 Å². The first-order valence-electron chi connectivity index (χ1n) is 9.71. The van der Waals surface area contributed by atoms with E-state index < -0.39 is 23.8 Å². The van der Waals surface area contributed by atoms with Crippen molar-refractivity contribution in [1.82, 2.24) is 10.2 Å². The Morgan fingerprint density at radius 1 is 1.18 bits per heavy atom. The smallest absolute Gasteiger partial charge is 0.410 e. The number of carbonyl (C=O) groups is 2. The largest absolute Gasteiger partial charge is 0.444 e. The van der Waals surface area contributed by atoms with Crippen molar-refractivity contribution in [2.75, 3.05) is 19.6 Å². The summed E-state index contributed by atoms with van der Waals surface area (Å²) in [5.41, 5.74) is 5.76. The number of nitrogens with two attached hydrogens (primary N) is 1. The van der Waals surface area contributed by atoms with Gasteiger partial charge in [-0.25, -0.2) is 4.79 Å². The van der Waals surface area contributed by atoms with Crippen molar-refractivity contribution < 1.29 is 19.4 Å². The van der Waals surface area contributed by atoms with E-state index in [0.29, 0.717) is 13.0 Å². The second kappa shape index (κ2) is 11.0. The third kappa shape index (κ3) is 9.19. The highest BCUT2D eigenvalue weighted by Crippen LogP contribution is 2.14. The van der Waals surface area contributed by atoms with Gasteiger partial charge in [0, 0.05) is 6.54 Å². The molecule has 0 aromatic heterocycles. The van der Waals surface area contributed by atoms with Crippen molar-refractivity contribution in [2.45, 2.75) is 58.8 Å². The molecule has 0 aliphatic heterocycles. The van der Waals surface area contributed by atoms with E-state index in [9.17, 15) is 14.7 Å². The topological polar surface area (TPSA) is 105 Å². The van der Waals surface area contributed by atoms with Gasteiger partial charge < -0.3 is 25.8 Å². The fraction of sp³-hybridized carbons (Fsp3) is 0.619. The number of amides is 2. The molecule has 0 saturated heterocycles. The van der Waals surface area contributed by atoms with Crippen LogP contribution in [-0.2, 0) is 16.0 Å². The van der Waals surface area contributed by atoms with Crippen molar-refractivity contribution in [3.05, 3.63) is 35.9 Å². The van der Waals surface area contributed by atoms with Gasteiger partial charge in [0.15, 0.2) is 0 Å². The normalized spacial score (nSPS) is 13.7. The Hall–Kier alpha value is -2.12. The van der Waals surface area contributed by atoms with Gasteiger partial charge in [-0.15, -0.1) is 0 Å². The molecule has 0 bridgehead atoms. The summed E-state index contributed by atoms with van der Waals surface area (Å²) < 4.78 is 5.47. The van der Waals surface area contributed by atoms with Crippen LogP contribution in [0.4, 0.5) is 4.79 Å². The Balaban J connectivity index is 2.94. The molecule has 0 spiro atoms. The first-order valence-corrected chi connectivity index (χ1v) is 9.71. The van der Waals surface area contributed by atoms with Gasteiger partial charge in [0.05, 0.1) is 25.2 Å². The minimum atomic E-state index is -0.970. The van der Waals surface area contributed by atoms with Crippen LogP contribution in [-0.4, -0.2) is 59.4 Å². The lowest BCUT2D eigenvalue weighted by Gasteiger charge is -2.32. The summed E-state index contributed by atoms with van der Waals surface area (Å²) in [6.07, 6.45) is -1.02. The lowest BCUT2D eigenvalue weighted by atomic mass is 10.0. The lowest BCUT2D eigenvalue weighted by Crippen LogP contribution is -2.52. The molecule has 4 N–H and O–H groups in total. The quantitative estimate of drug-likeness (QED) is 0.595. The lowest BCUT2D eigenvalue weighted by molar-refractivity contribution is -0.121. The van der Waals surface area contributed by atoms with E-state index in [1.807, 2.05) is 44.2 Å². The van der Waals surface area contributed by atoms with Crippen LogP contribution in [0.1, 0.15) is 40.2 Å². The van der Waals surface area contributed by atoms with E-state index in [2.05, 4.69) is 5.32 Å². The number of carbonyl (C=O) groups excluding carboxylic acids is 2. The van der Waals surface area contributed by atoms with Crippen LogP contribution in [0.5, 0.6) is 0 Å². The molecule has 2 atom stereocenters. The Kier molecular flexibility index (Phi) is 9.41. The summed E-state index contributed by atoms with van der Waals surface area (Å²) in [5.74, 6) is -0.154. The predicted molar refractivity (Wildman–Crippen MR) is 110 cm³/mol. The van der Waals surface area contributed by atoms with Crippen molar-refractivity contribution in [3.63, 3.8) is 0 Å². The van der Waals surface area contributed by atoms with Crippen LogP contribution < -0.4 is 11.1 Å². The monoisotopic (exact) mass is 393 g/mol. The number of rotatable bonds is 9. The zero-order chi connectivity index (χ0) is 21.3. The predicted octanol–water partition coefficient (Wildman–Crippen LogP) is 1.93. The van der Waals surface area contributed by atoms with E-state index in [1.165, 1.54) is 4.90 Å². The fourth-order valence-corrected chi connectivity index (χ4v) is 2.76. The molecule has 0 radical (unpaired) electrons. The van der Waals surface area contributed by atoms with Gasteiger partial charge in [-0.1, -0.05) is 44.2 Å². The number of nitrogens with one attached hydrogen (secondary N) is 1. The highest BCUT2D eigenvalue weighted by atomic mass is 16.6. The standard InChI is InChI=1S/C21H35N3O4/c1-15(2)13-24(20(27)28-21(3,4)5)14-18(25)17(23-19(26)12-22)11-16-9-7-6-8-10-16/h6-10,15,17-18,25H,11-14,22H2,1-5H3,(H,23,26)/t17-,18?/m0/s1. The van der Waals surface area contributed by atoms with Gasteiger partial charge in [0.25, 0.3) is 0 Å². The molecule has 0 aliphatic rings. The van der Waals surface area contributed by atoms with Gasteiger partial charge in [-0.3, -0.25) is 4.79 Å². The van der Waals surface area contributed by atoms with Crippen molar-refractivity contribution in [2.24, 2.45) is 11.7 Å². The molecule has 158 valence electrons. The van der Waals surface area contributed by atoms with Crippen LogP contribution in [0.15, 0.2) is 30.3 Å². The Morgan fingerprint density at radius 3 is 2.29 bits per heavy atom. The SMILES string of the molecule is CC(C)CN(CC(O)[C@H](Cc1ccccc1)NC(=O)CN)C(=O)OC(C)(C)C. The first-order chi connectivity index (χ1) is 13.0. The number of benzene rings is 1. The molecular formula is C21H35N3O4. The summed E-state index contributed by atoms with van der Waals surface area (Å²) in [4.78, 5) is 25.9. The first kappa shape index (κ1) is 23.9. The summed E-state index contributed by atoms with van der Waals surface area (Å²) >= 11 is 0. The van der Waals surface area contributed by atoms with E-state index in [4.69, 9.17) is 10.5 Å². The van der Waals surface area contributed by atoms with Crippen molar-refractivity contribution >= 4 is 12.0 Å². The maximum Gasteiger partial charge on any atom is 0.410 e. The zero-order valence-electron chi connectivity index (χ0n) is 17.6. The minimum Gasteiger partial charge on any atom is -0.444 e. The van der Waals surface area contributed by atoms with Gasteiger partial charge in [-0.2, -0.15) is 0 Å². The number of aliphatic hydroxyl groups is 1. The van der Waals surface area contributed by atoms with Crippen LogP contribution in [0.3, 0.4) is 0 Å². The van der Waals surface area contributed by atoms with E-state index >= 15 is 0 Å². The zero-order valence-corrected chi connectivity index (χ0v) is 17.6. The van der Waals surface area contributed by atoms with E-state index in [-0.39, 0.29) is 24.9 Å². The molecule has 1 rings (SSSR count). The maximum atomic E-state index is 12.6. The molecule has 0 aliphatic carbocycles. The Labute approximate surface area is 168 Å². The van der Waals surface area contributed by atoms with Gasteiger partial charge in [0.2, 0.25) is 5.91 Å². The number of nitrogens with zero attached hydrogens (tertiary/aromatic N) is 1. The summed E-state index contributed by atoms with van der Waals surface area (Å²) in [6, 6.07) is 8.98. The fourth-order valence-electron chi connectivity index (χ4n) is 2.76. The highest BCUT2D eigenvalue weighted by molar-refractivity contribution is 5.78. The van der Waals surface area contributed by atoms with Crippen molar-refractivity contribution in [1.29, 1.82) is 0 Å². The average Bonchev–Trinajstić information content (AvgIpc) is 2.59. The van der Waals surface area contributed by atoms with Crippen LogP contribution in [0, 0.1) is 5.92 Å². The van der Waals surface area contributed by atoms with Gasteiger partial charge >= 0.3 is 6.09 Å². The number of ether oxygens (including phenoxy) is 1. The number of hydrogen-bond donors (Lipinski definition) is 3. The molecule has 28 heavy (non-hydrogen) atoms. The Bertz CT molecular complexity index is 614. The molecule has 7 nitrogen and oxygen atoms in total. The molecule has 1 unspecified atom stereocenters. The molecule has 0 heterocycles. The highest BCUT2D eigenvalue weighted by Gasteiger charge is 2.29. The summed E-state index contributed by atoms with van der Waals surface area (Å²) in [6.45, 7) is 9.70. The molecular weight excluding hydrogens is 358 g/mol. The van der Waals surface area contributed by atoms with Crippen molar-refractivity contribution in [3.8, 4) is 0 Å². The maximum absolute atomic E-state index is 12.6. The second-order valence-corrected chi connectivity index (χ2v) is 8.41. The summed E-state index contributed by atoms with van der Waals surface area (Å²) in [7, 11) is 0. The van der Waals surface area contributed by atoms with Crippen LogP contribution >= 0.6 is 0 Å². The molecule has 0 saturated carbocycles. The number of hydrogen-bond acceptors (Lipinski definition) is 5. The molecule has 1 aromatic carbocycles.